The molecule has 6 nitrogen and oxygen atoms in total. The van der Waals surface area contributed by atoms with Gasteiger partial charge in [-0.15, -0.1) is 11.3 Å². The van der Waals surface area contributed by atoms with Gasteiger partial charge in [0.05, 0.1) is 16.8 Å². The van der Waals surface area contributed by atoms with E-state index in [4.69, 9.17) is 10.7 Å². The molecule has 3 heterocycles. The number of thioether (sulfide) groups is 1. The first-order chi connectivity index (χ1) is 13.1. The number of aromatic nitrogens is 4. The number of fused-ring (bicyclic) bond motifs is 3. The molecule has 0 atom stereocenters. The number of hydrogen-bond acceptors (Lipinski definition) is 8. The molecule has 0 unspecified atom stereocenters. The maximum Gasteiger partial charge on any atom is 0.142 e. The summed E-state index contributed by atoms with van der Waals surface area (Å²) in [6, 6.07) is 2.20. The maximum absolute atomic E-state index is 9.40. The summed E-state index contributed by atoms with van der Waals surface area (Å²) >= 11 is 3.22. The Labute approximate surface area is 166 Å². The van der Waals surface area contributed by atoms with Gasteiger partial charge in [0, 0.05) is 4.88 Å². The lowest BCUT2D eigenvalue weighted by Crippen LogP contribution is -2.02. The van der Waals surface area contributed by atoms with Gasteiger partial charge in [0.25, 0.3) is 0 Å². The van der Waals surface area contributed by atoms with Crippen LogP contribution in [-0.2, 0) is 18.6 Å². The zero-order chi connectivity index (χ0) is 19.0. The van der Waals surface area contributed by atoms with Crippen molar-refractivity contribution in [3.63, 3.8) is 0 Å². The fourth-order valence-electron chi connectivity index (χ4n) is 3.52. The molecule has 0 aliphatic heterocycles. The summed E-state index contributed by atoms with van der Waals surface area (Å²) < 4.78 is 0. The third-order valence-electron chi connectivity index (χ3n) is 4.76. The van der Waals surface area contributed by atoms with E-state index in [0.29, 0.717) is 39.5 Å². The van der Waals surface area contributed by atoms with Crippen LogP contribution in [0.4, 0.5) is 5.82 Å². The molecule has 0 saturated carbocycles. The molecular formula is C19H20N6S2. The average Bonchev–Trinajstić information content (AvgIpc) is 2.81. The Kier molecular flexibility index (Phi) is 4.98. The van der Waals surface area contributed by atoms with E-state index in [0.717, 1.165) is 23.1 Å². The zero-order valence-corrected chi connectivity index (χ0v) is 17.0. The van der Waals surface area contributed by atoms with Crippen LogP contribution in [0.15, 0.2) is 5.03 Å². The molecule has 0 bridgehead atoms. The van der Waals surface area contributed by atoms with Crippen molar-refractivity contribution < 1.29 is 0 Å². The summed E-state index contributed by atoms with van der Waals surface area (Å²) in [5.41, 5.74) is 8.89. The minimum Gasteiger partial charge on any atom is -0.383 e. The highest BCUT2D eigenvalue weighted by atomic mass is 32.2. The number of nitrogen functional groups attached to an aromatic ring is 1. The molecule has 138 valence electrons. The van der Waals surface area contributed by atoms with E-state index < -0.39 is 0 Å². The minimum atomic E-state index is 0.516. The smallest absolute Gasteiger partial charge is 0.142 e. The first-order valence-electron chi connectivity index (χ1n) is 9.01. The third kappa shape index (κ3) is 3.49. The standard InChI is InChI=1S/C19H20N6S2/c1-10-13(8-20)18(23-11(2)22-10)26-9-15-24-17(21)16-12-6-4-3-5-7-14(12)27-19(16)25-15/h3-7,9H2,1-2H3,(H2,21,24,25). The number of rotatable bonds is 3. The van der Waals surface area contributed by atoms with Crippen LogP contribution in [0.25, 0.3) is 10.2 Å². The van der Waals surface area contributed by atoms with Crippen molar-refractivity contribution in [2.24, 2.45) is 0 Å². The summed E-state index contributed by atoms with van der Waals surface area (Å²) in [6.07, 6.45) is 5.91. The largest absolute Gasteiger partial charge is 0.383 e. The van der Waals surface area contributed by atoms with Gasteiger partial charge in [-0.25, -0.2) is 19.9 Å². The van der Waals surface area contributed by atoms with Gasteiger partial charge < -0.3 is 5.73 Å². The number of anilines is 1. The van der Waals surface area contributed by atoms with Gasteiger partial charge in [-0.05, 0) is 45.1 Å². The van der Waals surface area contributed by atoms with E-state index in [1.165, 1.54) is 41.5 Å². The van der Waals surface area contributed by atoms with E-state index in [2.05, 4.69) is 21.0 Å². The van der Waals surface area contributed by atoms with Gasteiger partial charge in [-0.3, -0.25) is 0 Å². The second kappa shape index (κ2) is 7.41. The Bertz CT molecular complexity index is 1070. The molecule has 0 radical (unpaired) electrons. The van der Waals surface area contributed by atoms with Crippen LogP contribution < -0.4 is 5.73 Å². The monoisotopic (exact) mass is 396 g/mol. The zero-order valence-electron chi connectivity index (χ0n) is 15.4. The molecule has 0 saturated heterocycles. The second-order valence-corrected chi connectivity index (χ2v) is 8.75. The van der Waals surface area contributed by atoms with Crippen molar-refractivity contribution in [2.45, 2.75) is 56.7 Å². The van der Waals surface area contributed by atoms with Crippen LogP contribution in [0.3, 0.4) is 0 Å². The Morgan fingerprint density at radius 1 is 1.11 bits per heavy atom. The maximum atomic E-state index is 9.40. The number of nitrogens with zero attached hydrogens (tertiary/aromatic N) is 5. The highest BCUT2D eigenvalue weighted by Gasteiger charge is 2.19. The summed E-state index contributed by atoms with van der Waals surface area (Å²) in [7, 11) is 0. The molecule has 1 aliphatic carbocycles. The predicted octanol–water partition coefficient (Wildman–Crippen LogP) is 4.11. The van der Waals surface area contributed by atoms with Crippen molar-refractivity contribution in [2.75, 3.05) is 5.73 Å². The molecule has 0 aromatic carbocycles. The highest BCUT2D eigenvalue weighted by Crippen LogP contribution is 2.37. The van der Waals surface area contributed by atoms with E-state index in [1.54, 1.807) is 11.3 Å². The van der Waals surface area contributed by atoms with Gasteiger partial charge >= 0.3 is 0 Å². The van der Waals surface area contributed by atoms with E-state index in [-0.39, 0.29) is 0 Å². The number of nitrogens with two attached hydrogens (primary N) is 1. The van der Waals surface area contributed by atoms with Crippen LogP contribution in [0.5, 0.6) is 0 Å². The van der Waals surface area contributed by atoms with Gasteiger partial charge in [0.2, 0.25) is 0 Å². The molecule has 2 N–H and O–H groups in total. The average molecular weight is 397 g/mol. The lowest BCUT2D eigenvalue weighted by Gasteiger charge is -2.07. The van der Waals surface area contributed by atoms with Crippen LogP contribution in [0.2, 0.25) is 0 Å². The molecule has 0 spiro atoms. The van der Waals surface area contributed by atoms with Crippen molar-refractivity contribution in [1.29, 1.82) is 5.26 Å². The van der Waals surface area contributed by atoms with Gasteiger partial charge in [0.1, 0.15) is 39.0 Å². The Balaban J connectivity index is 1.65. The van der Waals surface area contributed by atoms with E-state index >= 15 is 0 Å². The number of hydrogen-bond donors (Lipinski definition) is 1. The van der Waals surface area contributed by atoms with Crippen LogP contribution >= 0.6 is 23.1 Å². The molecule has 3 aromatic rings. The lowest BCUT2D eigenvalue weighted by atomic mass is 10.1. The van der Waals surface area contributed by atoms with Gasteiger partial charge in [-0.1, -0.05) is 18.2 Å². The van der Waals surface area contributed by atoms with E-state index in [9.17, 15) is 5.26 Å². The fraction of sp³-hybridized carbons (Fsp3) is 0.421. The number of aryl methyl sites for hydroxylation is 4. The molecule has 27 heavy (non-hydrogen) atoms. The normalized spacial score (nSPS) is 14.0. The molecule has 0 amide bonds. The Hall–Kier alpha value is -2.24. The lowest BCUT2D eigenvalue weighted by molar-refractivity contribution is 0.713. The highest BCUT2D eigenvalue weighted by molar-refractivity contribution is 7.98. The SMILES string of the molecule is Cc1nc(C)c(C#N)c(SCc2nc(N)c3c4c(sc3n2)CCCCC4)n1. The first-order valence-corrected chi connectivity index (χ1v) is 10.8. The van der Waals surface area contributed by atoms with Gasteiger partial charge in [0.15, 0.2) is 0 Å². The molecule has 4 rings (SSSR count). The number of nitriles is 1. The molecule has 8 heteroatoms. The third-order valence-corrected chi connectivity index (χ3v) is 6.91. The van der Waals surface area contributed by atoms with Crippen molar-refractivity contribution in [3.8, 4) is 6.07 Å². The topological polar surface area (TPSA) is 101 Å². The van der Waals surface area contributed by atoms with Crippen molar-refractivity contribution in [3.05, 3.63) is 33.3 Å². The number of thiophene rings is 1. The summed E-state index contributed by atoms with van der Waals surface area (Å²) in [6.45, 7) is 3.66. The summed E-state index contributed by atoms with van der Waals surface area (Å²) in [4.78, 5) is 20.4. The quantitative estimate of drug-likeness (QED) is 0.404. The molecule has 0 fully saturated rings. The second-order valence-electron chi connectivity index (χ2n) is 6.71. The fourth-order valence-corrected chi connectivity index (χ4v) is 5.74. The molecule has 1 aliphatic rings. The van der Waals surface area contributed by atoms with Gasteiger partial charge in [-0.2, -0.15) is 5.26 Å². The van der Waals surface area contributed by atoms with Crippen molar-refractivity contribution in [1.82, 2.24) is 19.9 Å². The van der Waals surface area contributed by atoms with E-state index in [1.807, 2.05) is 13.8 Å². The summed E-state index contributed by atoms with van der Waals surface area (Å²) in [5, 5.41) is 11.1. The summed E-state index contributed by atoms with van der Waals surface area (Å²) in [5.74, 6) is 2.43. The van der Waals surface area contributed by atoms with Crippen LogP contribution in [-0.4, -0.2) is 19.9 Å². The minimum absolute atomic E-state index is 0.516. The molecular weight excluding hydrogens is 376 g/mol. The predicted molar refractivity (Wildman–Crippen MR) is 109 cm³/mol. The Morgan fingerprint density at radius 3 is 2.74 bits per heavy atom. The molecule has 3 aromatic heterocycles. The first kappa shape index (κ1) is 18.1. The Morgan fingerprint density at radius 2 is 1.93 bits per heavy atom. The van der Waals surface area contributed by atoms with Crippen LogP contribution in [0.1, 0.15) is 52.6 Å². The van der Waals surface area contributed by atoms with Crippen molar-refractivity contribution >= 4 is 39.1 Å². The van der Waals surface area contributed by atoms with Crippen LogP contribution in [0, 0.1) is 25.2 Å².